The van der Waals surface area contributed by atoms with Gasteiger partial charge in [0.05, 0.1) is 17.7 Å². The van der Waals surface area contributed by atoms with Crippen LogP contribution in [-0.2, 0) is 4.74 Å². The van der Waals surface area contributed by atoms with E-state index in [2.05, 4.69) is 15.9 Å². The molecule has 6 heteroatoms. The number of alkyl halides is 2. The Morgan fingerprint density at radius 3 is 2.67 bits per heavy atom. The quantitative estimate of drug-likeness (QED) is 0.783. The van der Waals surface area contributed by atoms with Crippen LogP contribution in [0.2, 0.25) is 0 Å². The third kappa shape index (κ3) is 4.88. The van der Waals surface area contributed by atoms with Gasteiger partial charge in [-0.15, -0.1) is 0 Å². The van der Waals surface area contributed by atoms with E-state index in [0.29, 0.717) is 11.3 Å². The van der Waals surface area contributed by atoms with Crippen molar-refractivity contribution in [1.29, 1.82) is 0 Å². The lowest BCUT2D eigenvalue weighted by atomic mass is 10.1. The van der Waals surface area contributed by atoms with Crippen LogP contribution in [0.1, 0.15) is 18.1 Å². The molecular formula is C12H15BrF2O3. The van der Waals surface area contributed by atoms with Crippen molar-refractivity contribution >= 4 is 15.9 Å². The first-order valence-corrected chi connectivity index (χ1v) is 6.21. The highest BCUT2D eigenvalue weighted by Gasteiger charge is 2.11. The van der Waals surface area contributed by atoms with E-state index in [1.165, 1.54) is 0 Å². The van der Waals surface area contributed by atoms with E-state index >= 15 is 0 Å². The molecule has 0 radical (unpaired) electrons. The molecule has 0 saturated carbocycles. The smallest absolute Gasteiger partial charge is 0.261 e. The largest absolute Gasteiger partial charge is 0.496 e. The molecule has 18 heavy (non-hydrogen) atoms. The summed E-state index contributed by atoms with van der Waals surface area (Å²) < 4.78 is 34.1. The highest BCUT2D eigenvalue weighted by atomic mass is 79.9. The van der Waals surface area contributed by atoms with Crippen LogP contribution in [0.3, 0.4) is 0 Å². The van der Waals surface area contributed by atoms with Crippen molar-refractivity contribution in [2.24, 2.45) is 0 Å². The van der Waals surface area contributed by atoms with Crippen molar-refractivity contribution in [2.75, 3.05) is 20.3 Å². The number of benzene rings is 1. The number of rotatable bonds is 7. The summed E-state index contributed by atoms with van der Waals surface area (Å²) in [5.41, 5.74) is 0.684. The number of aliphatic hydroxyl groups is 1. The Kier molecular flexibility index (Phi) is 6.52. The summed E-state index contributed by atoms with van der Waals surface area (Å²) >= 11 is 3.31. The highest BCUT2D eigenvalue weighted by Crippen LogP contribution is 2.28. The maximum Gasteiger partial charge on any atom is 0.261 e. The number of methoxy groups -OCH3 is 1. The molecule has 0 spiro atoms. The molecule has 1 aromatic rings. The molecule has 0 aliphatic rings. The van der Waals surface area contributed by atoms with Crippen molar-refractivity contribution in [2.45, 2.75) is 19.0 Å². The Morgan fingerprint density at radius 2 is 2.11 bits per heavy atom. The Morgan fingerprint density at radius 1 is 1.39 bits per heavy atom. The summed E-state index contributed by atoms with van der Waals surface area (Å²) in [6.07, 6.45) is -2.95. The molecule has 0 heterocycles. The van der Waals surface area contributed by atoms with Crippen LogP contribution in [-0.4, -0.2) is 31.9 Å². The van der Waals surface area contributed by atoms with Crippen LogP contribution in [0.25, 0.3) is 0 Å². The average molecular weight is 325 g/mol. The van der Waals surface area contributed by atoms with Crippen LogP contribution in [0.4, 0.5) is 8.78 Å². The first kappa shape index (κ1) is 15.3. The Labute approximate surface area is 113 Å². The Bertz CT molecular complexity index is 374. The zero-order valence-corrected chi connectivity index (χ0v) is 11.5. The van der Waals surface area contributed by atoms with Crippen LogP contribution in [0, 0.1) is 0 Å². The van der Waals surface area contributed by atoms with Gasteiger partial charge in [-0.1, -0.05) is 6.07 Å². The minimum Gasteiger partial charge on any atom is -0.496 e. The number of halogens is 3. The lowest BCUT2D eigenvalue weighted by Crippen LogP contribution is -2.08. The third-order valence-electron chi connectivity index (χ3n) is 2.34. The molecule has 1 atom stereocenters. The van der Waals surface area contributed by atoms with Gasteiger partial charge < -0.3 is 14.6 Å². The second-order valence-electron chi connectivity index (χ2n) is 3.66. The second-order valence-corrected chi connectivity index (χ2v) is 4.52. The van der Waals surface area contributed by atoms with E-state index in [0.717, 1.165) is 4.47 Å². The number of aliphatic hydroxyl groups excluding tert-OH is 1. The zero-order valence-electron chi connectivity index (χ0n) is 9.91. The minimum atomic E-state index is -2.47. The fourth-order valence-electron chi connectivity index (χ4n) is 1.42. The van der Waals surface area contributed by atoms with E-state index < -0.39 is 19.1 Å². The molecule has 1 aromatic carbocycles. The van der Waals surface area contributed by atoms with Crippen molar-refractivity contribution < 1.29 is 23.4 Å². The van der Waals surface area contributed by atoms with Crippen LogP contribution >= 0.6 is 15.9 Å². The predicted molar refractivity (Wildman–Crippen MR) is 67.1 cm³/mol. The average Bonchev–Trinajstić information content (AvgIpc) is 2.34. The fourth-order valence-corrected chi connectivity index (χ4v) is 1.98. The normalized spacial score (nSPS) is 12.8. The first-order valence-electron chi connectivity index (χ1n) is 5.42. The van der Waals surface area contributed by atoms with Gasteiger partial charge in [0.1, 0.15) is 12.4 Å². The maximum absolute atomic E-state index is 11.8. The molecule has 1 N–H and O–H groups in total. The second kappa shape index (κ2) is 7.66. The summed E-state index contributed by atoms with van der Waals surface area (Å²) in [5.74, 6) is 0.667. The highest BCUT2D eigenvalue weighted by molar-refractivity contribution is 9.10. The lowest BCUT2D eigenvalue weighted by Gasteiger charge is -2.13. The minimum absolute atomic E-state index is 0.0924. The Balaban J connectivity index is 2.46. The molecule has 0 aliphatic heterocycles. The molecule has 0 fully saturated rings. The van der Waals surface area contributed by atoms with E-state index in [9.17, 15) is 13.9 Å². The SMILES string of the molecule is COc1ccc(C(O)CCOCC(F)F)cc1Br. The maximum atomic E-state index is 11.8. The van der Waals surface area contributed by atoms with Gasteiger partial charge in [-0.05, 0) is 33.6 Å². The van der Waals surface area contributed by atoms with E-state index in [4.69, 9.17) is 9.47 Å². The molecule has 1 unspecified atom stereocenters. The summed E-state index contributed by atoms with van der Waals surface area (Å²) in [5, 5.41) is 9.84. The molecule has 0 saturated heterocycles. The standard InChI is InChI=1S/C12H15BrF2O3/c1-17-11-3-2-8(6-9(11)13)10(16)4-5-18-7-12(14)15/h2-3,6,10,12,16H,4-5,7H2,1H3. The van der Waals surface area contributed by atoms with Crippen LogP contribution in [0.5, 0.6) is 5.75 Å². The topological polar surface area (TPSA) is 38.7 Å². The number of hydrogen-bond acceptors (Lipinski definition) is 3. The van der Waals surface area contributed by atoms with E-state index in [1.54, 1.807) is 25.3 Å². The van der Waals surface area contributed by atoms with Crippen molar-refractivity contribution in [3.05, 3.63) is 28.2 Å². The summed E-state index contributed by atoms with van der Waals surface area (Å²) in [4.78, 5) is 0. The predicted octanol–water partition coefficient (Wildman–Crippen LogP) is 3.16. The van der Waals surface area contributed by atoms with Gasteiger partial charge in [0.15, 0.2) is 0 Å². The van der Waals surface area contributed by atoms with Gasteiger partial charge in [-0.3, -0.25) is 0 Å². The van der Waals surface area contributed by atoms with Crippen molar-refractivity contribution in [3.63, 3.8) is 0 Å². The van der Waals surface area contributed by atoms with Crippen LogP contribution in [0.15, 0.2) is 22.7 Å². The van der Waals surface area contributed by atoms with Crippen molar-refractivity contribution in [1.82, 2.24) is 0 Å². The Hall–Kier alpha value is -0.720. The van der Waals surface area contributed by atoms with E-state index in [-0.39, 0.29) is 13.0 Å². The van der Waals surface area contributed by atoms with Gasteiger partial charge in [-0.25, -0.2) is 8.78 Å². The lowest BCUT2D eigenvalue weighted by molar-refractivity contribution is 0.00480. The molecule has 3 nitrogen and oxygen atoms in total. The zero-order chi connectivity index (χ0) is 13.5. The third-order valence-corrected chi connectivity index (χ3v) is 2.96. The molecule has 1 rings (SSSR count). The molecule has 0 amide bonds. The van der Waals surface area contributed by atoms with E-state index in [1.807, 2.05) is 0 Å². The first-order chi connectivity index (χ1) is 8.54. The monoisotopic (exact) mass is 324 g/mol. The molecule has 0 aromatic heterocycles. The van der Waals surface area contributed by atoms with Gasteiger partial charge in [0, 0.05) is 13.0 Å². The molecule has 0 aliphatic carbocycles. The molecule has 0 bridgehead atoms. The molecular weight excluding hydrogens is 310 g/mol. The number of hydrogen-bond donors (Lipinski definition) is 1. The van der Waals surface area contributed by atoms with Crippen molar-refractivity contribution in [3.8, 4) is 5.75 Å². The fraction of sp³-hybridized carbons (Fsp3) is 0.500. The summed E-state index contributed by atoms with van der Waals surface area (Å²) in [7, 11) is 1.55. The summed E-state index contributed by atoms with van der Waals surface area (Å²) in [6, 6.07) is 5.18. The van der Waals surface area contributed by atoms with Gasteiger partial charge in [-0.2, -0.15) is 0 Å². The van der Waals surface area contributed by atoms with Crippen LogP contribution < -0.4 is 4.74 Å². The van der Waals surface area contributed by atoms with Gasteiger partial charge in [0.2, 0.25) is 0 Å². The number of ether oxygens (including phenoxy) is 2. The molecule has 102 valence electrons. The van der Waals surface area contributed by atoms with Gasteiger partial charge in [0.25, 0.3) is 6.43 Å². The van der Waals surface area contributed by atoms with Gasteiger partial charge >= 0.3 is 0 Å². The summed E-state index contributed by atoms with van der Waals surface area (Å²) in [6.45, 7) is -0.506.